The molecule has 0 amide bonds. The lowest BCUT2D eigenvalue weighted by molar-refractivity contribution is 0.636. The second-order valence-corrected chi connectivity index (χ2v) is 4.45. The molecule has 0 aliphatic carbocycles. The molecule has 1 aromatic heterocycles. The number of halogens is 1. The minimum absolute atomic E-state index is 0. The monoisotopic (exact) mass is 399 g/mol. The van der Waals surface area contributed by atoms with Gasteiger partial charge >= 0.3 is 0 Å². The number of benzene rings is 1. The summed E-state index contributed by atoms with van der Waals surface area (Å²) in [4.78, 5) is 8.47. The number of hydrogen-bond donors (Lipinski definition) is 2. The van der Waals surface area contributed by atoms with Gasteiger partial charge in [-0.2, -0.15) is 0 Å². The molecule has 0 atom stereocenters. The van der Waals surface area contributed by atoms with E-state index in [-0.39, 0.29) is 24.0 Å². The minimum Gasteiger partial charge on any atom is -0.359 e. The first-order valence-electron chi connectivity index (χ1n) is 6.76. The third-order valence-electron chi connectivity index (χ3n) is 3.16. The largest absolute Gasteiger partial charge is 0.359 e. The van der Waals surface area contributed by atoms with Gasteiger partial charge in [0.15, 0.2) is 5.96 Å². The average Bonchev–Trinajstić information content (AvgIpc) is 2.95. The van der Waals surface area contributed by atoms with Crippen molar-refractivity contribution in [1.29, 1.82) is 0 Å². The number of nitrogens with one attached hydrogen (secondary N) is 2. The zero-order valence-electron chi connectivity index (χ0n) is 12.4. The van der Waals surface area contributed by atoms with Gasteiger partial charge in [-0.3, -0.25) is 4.99 Å². The van der Waals surface area contributed by atoms with Crippen LogP contribution in [0, 0.1) is 0 Å². The van der Waals surface area contributed by atoms with E-state index in [0.29, 0.717) is 6.54 Å². The number of guanidine groups is 1. The molecule has 0 unspecified atom stereocenters. The molecule has 0 aliphatic heterocycles. The lowest BCUT2D eigenvalue weighted by Gasteiger charge is -2.11. The molecule has 114 valence electrons. The zero-order chi connectivity index (χ0) is 14.2. The Labute approximate surface area is 142 Å². The number of hydrogen-bond acceptors (Lipinski definition) is 2. The second kappa shape index (κ2) is 9.38. The van der Waals surface area contributed by atoms with Crippen molar-refractivity contribution < 1.29 is 0 Å². The maximum absolute atomic E-state index is 4.39. The molecule has 6 heteroatoms. The SMILES string of the molecule is CN=C(NC)NCc1nccn1CCc1ccccc1.I. The van der Waals surface area contributed by atoms with Crippen LogP contribution in [0.5, 0.6) is 0 Å². The Hall–Kier alpha value is -1.57. The summed E-state index contributed by atoms with van der Waals surface area (Å²) in [6.07, 6.45) is 4.86. The normalized spacial score (nSPS) is 10.9. The summed E-state index contributed by atoms with van der Waals surface area (Å²) in [5.74, 6) is 1.78. The third-order valence-corrected chi connectivity index (χ3v) is 3.16. The van der Waals surface area contributed by atoms with E-state index in [2.05, 4.69) is 49.4 Å². The van der Waals surface area contributed by atoms with Crippen LogP contribution in [0.15, 0.2) is 47.7 Å². The standard InChI is InChI=1S/C15H21N5.HI/c1-16-15(17-2)19-12-14-18-9-11-20(14)10-8-13-6-4-3-5-7-13;/h3-7,9,11H,8,10,12H2,1-2H3,(H2,16,17,19);1H. The molecule has 0 radical (unpaired) electrons. The summed E-state index contributed by atoms with van der Waals surface area (Å²) >= 11 is 0. The van der Waals surface area contributed by atoms with Gasteiger partial charge in [-0.1, -0.05) is 30.3 Å². The summed E-state index contributed by atoms with van der Waals surface area (Å²) in [7, 11) is 3.60. The maximum atomic E-state index is 4.39. The van der Waals surface area contributed by atoms with E-state index in [0.717, 1.165) is 24.7 Å². The highest BCUT2D eigenvalue weighted by atomic mass is 127. The molecule has 1 aromatic carbocycles. The Balaban J connectivity index is 0.00000220. The average molecular weight is 399 g/mol. The highest BCUT2D eigenvalue weighted by molar-refractivity contribution is 14.0. The van der Waals surface area contributed by atoms with E-state index in [4.69, 9.17) is 0 Å². The van der Waals surface area contributed by atoms with Gasteiger partial charge in [0.05, 0.1) is 6.54 Å². The third kappa shape index (κ3) is 5.37. The zero-order valence-corrected chi connectivity index (χ0v) is 14.7. The first-order valence-corrected chi connectivity index (χ1v) is 6.76. The molecule has 0 fully saturated rings. The molecule has 5 nitrogen and oxygen atoms in total. The number of aliphatic imine (C=N–C) groups is 1. The summed E-state index contributed by atoms with van der Waals surface area (Å²) in [5.41, 5.74) is 1.34. The summed E-state index contributed by atoms with van der Waals surface area (Å²) in [5, 5.41) is 6.21. The van der Waals surface area contributed by atoms with Crippen LogP contribution in [-0.2, 0) is 19.5 Å². The molecular weight excluding hydrogens is 377 g/mol. The van der Waals surface area contributed by atoms with Gasteiger partial charge in [-0.15, -0.1) is 24.0 Å². The van der Waals surface area contributed by atoms with E-state index >= 15 is 0 Å². The van der Waals surface area contributed by atoms with E-state index < -0.39 is 0 Å². The van der Waals surface area contributed by atoms with E-state index in [1.54, 1.807) is 7.05 Å². The molecule has 0 bridgehead atoms. The number of nitrogens with zero attached hydrogens (tertiary/aromatic N) is 3. The Morgan fingerprint density at radius 2 is 2.05 bits per heavy atom. The predicted molar refractivity (Wildman–Crippen MR) is 97.0 cm³/mol. The maximum Gasteiger partial charge on any atom is 0.191 e. The molecular formula is C15H22IN5. The minimum atomic E-state index is 0. The quantitative estimate of drug-likeness (QED) is 0.460. The van der Waals surface area contributed by atoms with Gasteiger partial charge in [0.25, 0.3) is 0 Å². The van der Waals surface area contributed by atoms with Crippen molar-refractivity contribution in [1.82, 2.24) is 20.2 Å². The summed E-state index contributed by atoms with van der Waals surface area (Å²) in [6.45, 7) is 1.59. The van der Waals surface area contributed by atoms with Crippen LogP contribution in [-0.4, -0.2) is 29.6 Å². The molecule has 2 rings (SSSR count). The summed E-state index contributed by atoms with van der Waals surface area (Å²) < 4.78 is 2.17. The molecule has 2 aromatic rings. The number of aryl methyl sites for hydroxylation is 2. The van der Waals surface area contributed by atoms with Gasteiger partial charge in [0.2, 0.25) is 0 Å². The fourth-order valence-corrected chi connectivity index (χ4v) is 2.05. The van der Waals surface area contributed by atoms with Crippen LogP contribution in [0.25, 0.3) is 0 Å². The van der Waals surface area contributed by atoms with Crippen molar-refractivity contribution in [3.05, 3.63) is 54.1 Å². The topological polar surface area (TPSA) is 54.2 Å². The van der Waals surface area contributed by atoms with Crippen LogP contribution in [0.2, 0.25) is 0 Å². The van der Waals surface area contributed by atoms with Crippen molar-refractivity contribution in [2.75, 3.05) is 14.1 Å². The highest BCUT2D eigenvalue weighted by Gasteiger charge is 2.03. The molecule has 0 spiro atoms. The van der Waals surface area contributed by atoms with E-state index in [9.17, 15) is 0 Å². The van der Waals surface area contributed by atoms with Crippen LogP contribution < -0.4 is 10.6 Å². The smallest absolute Gasteiger partial charge is 0.191 e. The Morgan fingerprint density at radius 3 is 2.71 bits per heavy atom. The van der Waals surface area contributed by atoms with Crippen molar-refractivity contribution in [2.45, 2.75) is 19.5 Å². The fraction of sp³-hybridized carbons (Fsp3) is 0.333. The molecule has 1 heterocycles. The molecule has 21 heavy (non-hydrogen) atoms. The molecule has 0 saturated heterocycles. The number of rotatable bonds is 5. The van der Waals surface area contributed by atoms with Crippen molar-refractivity contribution in [3.8, 4) is 0 Å². The van der Waals surface area contributed by atoms with Crippen molar-refractivity contribution >= 4 is 29.9 Å². The Kier molecular flexibility index (Phi) is 7.81. The van der Waals surface area contributed by atoms with Crippen LogP contribution in [0.3, 0.4) is 0 Å². The van der Waals surface area contributed by atoms with Crippen LogP contribution >= 0.6 is 24.0 Å². The van der Waals surface area contributed by atoms with Crippen molar-refractivity contribution in [3.63, 3.8) is 0 Å². The van der Waals surface area contributed by atoms with Gasteiger partial charge in [-0.25, -0.2) is 4.98 Å². The first-order chi connectivity index (χ1) is 9.83. The lowest BCUT2D eigenvalue weighted by Crippen LogP contribution is -2.34. The predicted octanol–water partition coefficient (Wildman–Crippen LogP) is 2.04. The van der Waals surface area contributed by atoms with Crippen LogP contribution in [0.4, 0.5) is 0 Å². The van der Waals surface area contributed by atoms with E-state index in [1.165, 1.54) is 5.56 Å². The van der Waals surface area contributed by atoms with Gasteiger partial charge < -0.3 is 15.2 Å². The first kappa shape index (κ1) is 17.5. The van der Waals surface area contributed by atoms with E-state index in [1.807, 2.05) is 25.5 Å². The fourth-order valence-electron chi connectivity index (χ4n) is 2.05. The Morgan fingerprint density at radius 1 is 1.29 bits per heavy atom. The second-order valence-electron chi connectivity index (χ2n) is 4.45. The van der Waals surface area contributed by atoms with Gasteiger partial charge in [-0.05, 0) is 12.0 Å². The number of aromatic nitrogens is 2. The Bertz CT molecular complexity index is 550. The highest BCUT2D eigenvalue weighted by Crippen LogP contribution is 2.04. The van der Waals surface area contributed by atoms with Gasteiger partial charge in [0.1, 0.15) is 5.82 Å². The van der Waals surface area contributed by atoms with Crippen LogP contribution in [0.1, 0.15) is 11.4 Å². The molecule has 0 saturated carbocycles. The van der Waals surface area contributed by atoms with Crippen molar-refractivity contribution in [2.24, 2.45) is 4.99 Å². The lowest BCUT2D eigenvalue weighted by atomic mass is 10.1. The summed E-state index contributed by atoms with van der Waals surface area (Å²) in [6, 6.07) is 10.5. The molecule has 0 aliphatic rings. The number of imidazole rings is 1. The van der Waals surface area contributed by atoms with Gasteiger partial charge in [0, 0.05) is 33.0 Å². The molecule has 2 N–H and O–H groups in total.